The smallest absolute Gasteiger partial charge is 0.142 e. The van der Waals surface area contributed by atoms with Crippen molar-refractivity contribution in [3.05, 3.63) is 59.7 Å². The van der Waals surface area contributed by atoms with Gasteiger partial charge in [0, 0.05) is 26.2 Å². The standard InChI is InChI=1S/C20H23N3O/c1-24-20-8-3-2-7-19(20)23-10-9-18(15-23)14-22-13-17-6-4-5-16(11-17)12-21/h2-8,11,18,22H,9-10,13-15H2,1H3. The van der Waals surface area contributed by atoms with Gasteiger partial charge >= 0.3 is 0 Å². The number of para-hydroxylation sites is 2. The van der Waals surface area contributed by atoms with Crippen LogP contribution in [-0.4, -0.2) is 26.7 Å². The van der Waals surface area contributed by atoms with Crippen LogP contribution in [0.3, 0.4) is 0 Å². The quantitative estimate of drug-likeness (QED) is 0.888. The number of hydrogen-bond acceptors (Lipinski definition) is 4. The Bertz CT molecular complexity index is 723. The fourth-order valence-corrected chi connectivity index (χ4v) is 3.28. The molecule has 0 aliphatic carbocycles. The Hall–Kier alpha value is -2.51. The Morgan fingerprint density at radius 1 is 1.25 bits per heavy atom. The van der Waals surface area contributed by atoms with E-state index in [2.05, 4.69) is 34.5 Å². The van der Waals surface area contributed by atoms with Crippen molar-refractivity contribution in [2.45, 2.75) is 13.0 Å². The second-order valence-corrected chi connectivity index (χ2v) is 6.22. The van der Waals surface area contributed by atoms with Gasteiger partial charge in [0.1, 0.15) is 5.75 Å². The van der Waals surface area contributed by atoms with Crippen molar-refractivity contribution in [1.82, 2.24) is 5.32 Å². The van der Waals surface area contributed by atoms with E-state index in [9.17, 15) is 0 Å². The summed E-state index contributed by atoms with van der Waals surface area (Å²) in [7, 11) is 1.73. The highest BCUT2D eigenvalue weighted by Gasteiger charge is 2.24. The number of hydrogen-bond donors (Lipinski definition) is 1. The van der Waals surface area contributed by atoms with Gasteiger partial charge in [0.05, 0.1) is 24.4 Å². The Morgan fingerprint density at radius 3 is 2.96 bits per heavy atom. The summed E-state index contributed by atoms with van der Waals surface area (Å²) in [6, 6.07) is 18.2. The number of benzene rings is 2. The monoisotopic (exact) mass is 321 g/mol. The predicted octanol–water partition coefficient (Wildman–Crippen LogP) is 3.18. The molecule has 2 aromatic carbocycles. The van der Waals surface area contributed by atoms with E-state index in [1.807, 2.05) is 30.3 Å². The Morgan fingerprint density at radius 2 is 2.12 bits per heavy atom. The molecule has 0 amide bonds. The minimum Gasteiger partial charge on any atom is -0.495 e. The molecule has 1 saturated heterocycles. The highest BCUT2D eigenvalue weighted by molar-refractivity contribution is 5.59. The van der Waals surface area contributed by atoms with Gasteiger partial charge in [0.15, 0.2) is 0 Å². The van der Waals surface area contributed by atoms with Crippen molar-refractivity contribution in [3.8, 4) is 11.8 Å². The molecule has 1 unspecified atom stereocenters. The fourth-order valence-electron chi connectivity index (χ4n) is 3.28. The highest BCUT2D eigenvalue weighted by atomic mass is 16.5. The molecule has 1 fully saturated rings. The highest BCUT2D eigenvalue weighted by Crippen LogP contribution is 2.31. The van der Waals surface area contributed by atoms with Crippen LogP contribution in [0.15, 0.2) is 48.5 Å². The van der Waals surface area contributed by atoms with Crippen LogP contribution in [0.4, 0.5) is 5.69 Å². The van der Waals surface area contributed by atoms with Crippen LogP contribution in [0, 0.1) is 17.2 Å². The third-order valence-electron chi connectivity index (χ3n) is 4.53. The summed E-state index contributed by atoms with van der Waals surface area (Å²) in [5.74, 6) is 1.58. The minimum absolute atomic E-state index is 0.633. The Balaban J connectivity index is 1.50. The van der Waals surface area contributed by atoms with Gasteiger partial charge in [-0.1, -0.05) is 24.3 Å². The lowest BCUT2D eigenvalue weighted by Crippen LogP contribution is -2.26. The summed E-state index contributed by atoms with van der Waals surface area (Å²) < 4.78 is 5.47. The largest absolute Gasteiger partial charge is 0.495 e. The van der Waals surface area contributed by atoms with E-state index < -0.39 is 0 Å². The summed E-state index contributed by atoms with van der Waals surface area (Å²) in [5.41, 5.74) is 3.07. The first-order valence-electron chi connectivity index (χ1n) is 8.38. The average molecular weight is 321 g/mol. The van der Waals surface area contributed by atoms with Gasteiger partial charge in [-0.2, -0.15) is 5.26 Å². The maximum Gasteiger partial charge on any atom is 0.142 e. The second-order valence-electron chi connectivity index (χ2n) is 6.22. The molecule has 0 saturated carbocycles. The van der Waals surface area contributed by atoms with E-state index in [4.69, 9.17) is 10.00 Å². The van der Waals surface area contributed by atoms with Gasteiger partial charge in [-0.3, -0.25) is 0 Å². The topological polar surface area (TPSA) is 48.3 Å². The lowest BCUT2D eigenvalue weighted by atomic mass is 10.1. The van der Waals surface area contributed by atoms with Crippen LogP contribution in [0.5, 0.6) is 5.75 Å². The van der Waals surface area contributed by atoms with Crippen LogP contribution < -0.4 is 15.0 Å². The van der Waals surface area contributed by atoms with Crippen molar-refractivity contribution in [2.75, 3.05) is 31.6 Å². The minimum atomic E-state index is 0.633. The maximum atomic E-state index is 8.95. The number of ether oxygens (including phenoxy) is 1. The van der Waals surface area contributed by atoms with Crippen LogP contribution in [0.1, 0.15) is 17.5 Å². The maximum absolute atomic E-state index is 8.95. The summed E-state index contributed by atoms with van der Waals surface area (Å²) >= 11 is 0. The predicted molar refractivity (Wildman–Crippen MR) is 96.2 cm³/mol. The summed E-state index contributed by atoms with van der Waals surface area (Å²) in [6.07, 6.45) is 1.18. The molecule has 1 N–H and O–H groups in total. The van der Waals surface area contributed by atoms with Crippen LogP contribution in [-0.2, 0) is 6.54 Å². The molecule has 3 rings (SSSR count). The van der Waals surface area contributed by atoms with E-state index in [0.717, 1.165) is 43.1 Å². The molecule has 24 heavy (non-hydrogen) atoms. The Labute approximate surface area is 143 Å². The normalized spacial score (nSPS) is 16.8. The van der Waals surface area contributed by atoms with E-state index in [1.165, 1.54) is 12.1 Å². The van der Waals surface area contributed by atoms with Crippen LogP contribution in [0.2, 0.25) is 0 Å². The molecule has 2 aromatic rings. The number of nitrogens with zero attached hydrogens (tertiary/aromatic N) is 2. The summed E-state index contributed by atoms with van der Waals surface area (Å²) in [4.78, 5) is 2.40. The molecule has 0 bridgehead atoms. The first kappa shape index (κ1) is 16.4. The van der Waals surface area contributed by atoms with Crippen molar-refractivity contribution in [3.63, 3.8) is 0 Å². The summed E-state index contributed by atoms with van der Waals surface area (Å²) in [6.45, 7) is 3.91. The number of methoxy groups -OCH3 is 1. The van der Waals surface area contributed by atoms with E-state index in [-0.39, 0.29) is 0 Å². The molecule has 1 aliphatic heterocycles. The van der Waals surface area contributed by atoms with Crippen molar-refractivity contribution >= 4 is 5.69 Å². The molecule has 1 atom stereocenters. The zero-order chi connectivity index (χ0) is 16.8. The number of anilines is 1. The first-order chi connectivity index (χ1) is 11.8. The molecule has 124 valence electrons. The number of rotatable bonds is 6. The van der Waals surface area contributed by atoms with Crippen molar-refractivity contribution < 1.29 is 4.74 Å². The fraction of sp³-hybridized carbons (Fsp3) is 0.350. The molecule has 4 nitrogen and oxygen atoms in total. The van der Waals surface area contributed by atoms with Gasteiger partial charge in [0.2, 0.25) is 0 Å². The van der Waals surface area contributed by atoms with Gasteiger partial charge in [-0.15, -0.1) is 0 Å². The summed E-state index contributed by atoms with van der Waals surface area (Å²) in [5, 5.41) is 12.5. The van der Waals surface area contributed by atoms with Crippen molar-refractivity contribution in [2.24, 2.45) is 5.92 Å². The number of nitrogens with one attached hydrogen (secondary N) is 1. The lowest BCUT2D eigenvalue weighted by Gasteiger charge is -2.21. The van der Waals surface area contributed by atoms with Gasteiger partial charge in [-0.05, 0) is 42.2 Å². The van der Waals surface area contributed by atoms with E-state index in [1.54, 1.807) is 7.11 Å². The third-order valence-corrected chi connectivity index (χ3v) is 4.53. The molecule has 4 heteroatoms. The molecular weight excluding hydrogens is 298 g/mol. The van der Waals surface area contributed by atoms with Gasteiger partial charge in [-0.25, -0.2) is 0 Å². The SMILES string of the molecule is COc1ccccc1N1CCC(CNCc2cccc(C#N)c2)C1. The third kappa shape index (κ3) is 3.87. The van der Waals surface area contributed by atoms with E-state index in [0.29, 0.717) is 5.92 Å². The van der Waals surface area contributed by atoms with Gasteiger partial charge < -0.3 is 15.0 Å². The molecular formula is C20H23N3O. The molecule has 1 heterocycles. The number of nitriles is 1. The zero-order valence-corrected chi connectivity index (χ0v) is 14.0. The van der Waals surface area contributed by atoms with Gasteiger partial charge in [0.25, 0.3) is 0 Å². The van der Waals surface area contributed by atoms with Crippen LogP contribution in [0.25, 0.3) is 0 Å². The average Bonchev–Trinajstić information content (AvgIpc) is 3.10. The second kappa shape index (κ2) is 7.85. The molecule has 0 aromatic heterocycles. The lowest BCUT2D eigenvalue weighted by molar-refractivity contribution is 0.414. The van der Waals surface area contributed by atoms with Crippen LogP contribution >= 0.6 is 0 Å². The Kier molecular flexibility index (Phi) is 5.35. The first-order valence-corrected chi connectivity index (χ1v) is 8.38. The zero-order valence-electron chi connectivity index (χ0n) is 14.0. The molecule has 1 aliphatic rings. The molecule has 0 spiro atoms. The molecule has 0 radical (unpaired) electrons. The van der Waals surface area contributed by atoms with Crippen molar-refractivity contribution in [1.29, 1.82) is 5.26 Å². The van der Waals surface area contributed by atoms with E-state index >= 15 is 0 Å².